The van der Waals surface area contributed by atoms with Crippen molar-refractivity contribution >= 4 is 11.8 Å². The maximum atomic E-state index is 12.9. The Morgan fingerprint density at radius 3 is 1.63 bits per heavy atom. The van der Waals surface area contributed by atoms with Crippen molar-refractivity contribution in [3.8, 4) is 11.5 Å². The molecule has 30 heavy (non-hydrogen) atoms. The monoisotopic (exact) mass is 406 g/mol. The first-order valence-electron chi connectivity index (χ1n) is 10.3. The SMILES string of the molecule is C=C1Cc2cccc(c2O)C(=O)N[C@H]2CCCC[C@@H]2NC(=O)c2cccc(c2O)C1. The predicted molar refractivity (Wildman–Crippen MR) is 114 cm³/mol. The summed E-state index contributed by atoms with van der Waals surface area (Å²) in [6.45, 7) is 4.06. The Morgan fingerprint density at radius 2 is 1.20 bits per heavy atom. The molecule has 1 aliphatic heterocycles. The highest BCUT2D eigenvalue weighted by Gasteiger charge is 2.30. The molecule has 2 aliphatic rings. The molecule has 0 saturated heterocycles. The second-order valence-corrected chi connectivity index (χ2v) is 8.17. The molecule has 156 valence electrons. The molecular weight excluding hydrogens is 380 g/mol. The molecule has 1 heterocycles. The predicted octanol–water partition coefficient (Wildman–Crippen LogP) is 3.22. The lowest BCUT2D eigenvalue weighted by atomic mass is 9.89. The first-order valence-corrected chi connectivity index (χ1v) is 10.3. The lowest BCUT2D eigenvalue weighted by Crippen LogP contribution is -2.53. The van der Waals surface area contributed by atoms with Gasteiger partial charge in [-0.1, -0.05) is 49.3 Å². The van der Waals surface area contributed by atoms with Gasteiger partial charge >= 0.3 is 0 Å². The average molecular weight is 406 g/mol. The summed E-state index contributed by atoms with van der Waals surface area (Å²) in [7, 11) is 0. The molecule has 0 aromatic heterocycles. The normalized spacial score (nSPS) is 22.2. The highest BCUT2D eigenvalue weighted by Crippen LogP contribution is 2.30. The maximum absolute atomic E-state index is 12.9. The highest BCUT2D eigenvalue weighted by atomic mass is 16.3. The summed E-state index contributed by atoms with van der Waals surface area (Å²) in [6, 6.07) is 9.72. The fraction of sp³-hybridized carbons (Fsp3) is 0.333. The van der Waals surface area contributed by atoms with Crippen LogP contribution in [0.2, 0.25) is 0 Å². The minimum atomic E-state index is -0.357. The largest absolute Gasteiger partial charge is 0.507 e. The van der Waals surface area contributed by atoms with Gasteiger partial charge in [0, 0.05) is 12.1 Å². The summed E-state index contributed by atoms with van der Waals surface area (Å²) >= 11 is 0. The molecule has 2 aromatic rings. The van der Waals surface area contributed by atoms with E-state index in [0.717, 1.165) is 31.3 Å². The third-order valence-electron chi connectivity index (χ3n) is 6.01. The number of rotatable bonds is 0. The number of amides is 2. The van der Waals surface area contributed by atoms with Crippen LogP contribution in [0.4, 0.5) is 0 Å². The van der Waals surface area contributed by atoms with Gasteiger partial charge in [-0.25, -0.2) is 0 Å². The summed E-state index contributed by atoms with van der Waals surface area (Å²) < 4.78 is 0. The van der Waals surface area contributed by atoms with Crippen LogP contribution in [0.15, 0.2) is 48.6 Å². The van der Waals surface area contributed by atoms with E-state index in [4.69, 9.17) is 0 Å². The molecule has 2 amide bonds. The van der Waals surface area contributed by atoms with Crippen molar-refractivity contribution in [3.63, 3.8) is 0 Å². The highest BCUT2D eigenvalue weighted by molar-refractivity contribution is 5.98. The van der Waals surface area contributed by atoms with E-state index in [9.17, 15) is 19.8 Å². The summed E-state index contributed by atoms with van der Waals surface area (Å²) in [5.74, 6) is -0.824. The van der Waals surface area contributed by atoms with Crippen molar-refractivity contribution < 1.29 is 19.8 Å². The molecule has 4 N–H and O–H groups in total. The number of aromatic hydroxyl groups is 2. The zero-order valence-corrected chi connectivity index (χ0v) is 16.8. The van der Waals surface area contributed by atoms with Gasteiger partial charge in [0.15, 0.2) is 0 Å². The Morgan fingerprint density at radius 1 is 0.767 bits per heavy atom. The van der Waals surface area contributed by atoms with Crippen LogP contribution in [0.25, 0.3) is 0 Å². The van der Waals surface area contributed by atoms with E-state index in [1.165, 1.54) is 0 Å². The third-order valence-corrected chi connectivity index (χ3v) is 6.01. The number of hydrogen-bond donors (Lipinski definition) is 4. The van der Waals surface area contributed by atoms with Gasteiger partial charge in [-0.05, 0) is 48.9 Å². The average Bonchev–Trinajstić information content (AvgIpc) is 2.72. The molecule has 2 aromatic carbocycles. The molecule has 4 bridgehead atoms. The van der Waals surface area contributed by atoms with Crippen molar-refractivity contribution in [1.29, 1.82) is 0 Å². The molecular formula is C24H26N2O4. The number of phenols is 2. The molecule has 0 radical (unpaired) electrons. The summed E-state index contributed by atoms with van der Waals surface area (Å²) in [6.07, 6.45) is 4.08. The van der Waals surface area contributed by atoms with Gasteiger partial charge in [0.1, 0.15) is 11.5 Å². The number of phenolic OH excluding ortho intramolecular Hbond substituents is 2. The molecule has 6 heteroatoms. The zero-order chi connectivity index (χ0) is 21.3. The molecule has 4 rings (SSSR count). The first kappa shape index (κ1) is 20.0. The number of allylic oxidation sites excluding steroid dienone is 1. The molecule has 2 atom stereocenters. The van der Waals surface area contributed by atoms with E-state index >= 15 is 0 Å². The summed E-state index contributed by atoms with van der Waals surface area (Å²) in [5, 5.41) is 27.4. The van der Waals surface area contributed by atoms with Gasteiger partial charge in [0.2, 0.25) is 0 Å². The zero-order valence-electron chi connectivity index (χ0n) is 16.8. The van der Waals surface area contributed by atoms with Crippen molar-refractivity contribution in [2.75, 3.05) is 0 Å². The van der Waals surface area contributed by atoms with Crippen LogP contribution in [-0.2, 0) is 12.8 Å². The van der Waals surface area contributed by atoms with Gasteiger partial charge in [-0.2, -0.15) is 0 Å². The number of benzene rings is 2. The van der Waals surface area contributed by atoms with Crippen molar-refractivity contribution in [2.24, 2.45) is 0 Å². The maximum Gasteiger partial charge on any atom is 0.255 e. The van der Waals surface area contributed by atoms with E-state index in [2.05, 4.69) is 17.2 Å². The molecule has 0 spiro atoms. The second-order valence-electron chi connectivity index (χ2n) is 8.17. The van der Waals surface area contributed by atoms with Crippen LogP contribution in [0.3, 0.4) is 0 Å². The van der Waals surface area contributed by atoms with E-state index in [-0.39, 0.29) is 46.5 Å². The number of carbonyl (C=O) groups excluding carboxylic acids is 2. The Balaban J connectivity index is 1.77. The minimum Gasteiger partial charge on any atom is -0.507 e. The smallest absolute Gasteiger partial charge is 0.255 e. The summed E-state index contributed by atoms with van der Waals surface area (Å²) in [5.41, 5.74) is 2.39. The van der Waals surface area contributed by atoms with Crippen molar-refractivity contribution in [1.82, 2.24) is 10.6 Å². The van der Waals surface area contributed by atoms with Crippen LogP contribution in [0.5, 0.6) is 11.5 Å². The Kier molecular flexibility index (Phi) is 5.48. The van der Waals surface area contributed by atoms with Gasteiger partial charge < -0.3 is 20.8 Å². The lowest BCUT2D eigenvalue weighted by Gasteiger charge is -2.33. The number of hydrogen-bond acceptors (Lipinski definition) is 4. The number of carbonyl (C=O) groups is 2. The number of para-hydroxylation sites is 2. The standard InChI is InChI=1S/C24H26N2O4/c1-14-12-15-6-4-8-17(21(15)27)23(29)25-19-10-2-3-11-20(19)26-24(30)18-9-5-7-16(13-14)22(18)28/h4-9,19-20,27-28H,1-3,10-13H2,(H,25,29)(H,26,30)/t19-,20-/m0/s1. The molecule has 0 unspecified atom stereocenters. The number of fused-ring (bicyclic) bond motifs is 5. The van der Waals surface area contributed by atoms with E-state index in [1.807, 2.05) is 0 Å². The quantitative estimate of drug-likeness (QED) is 0.505. The van der Waals surface area contributed by atoms with Crippen LogP contribution in [0, 0.1) is 0 Å². The lowest BCUT2D eigenvalue weighted by molar-refractivity contribution is 0.0859. The van der Waals surface area contributed by atoms with Gasteiger partial charge in [0.05, 0.1) is 11.1 Å². The Bertz CT molecular complexity index is 935. The first-order chi connectivity index (χ1) is 14.4. The van der Waals surface area contributed by atoms with Crippen molar-refractivity contribution in [2.45, 2.75) is 50.6 Å². The third kappa shape index (κ3) is 3.90. The van der Waals surface area contributed by atoms with Gasteiger partial charge in [0.25, 0.3) is 11.8 Å². The van der Waals surface area contributed by atoms with Crippen LogP contribution < -0.4 is 10.6 Å². The van der Waals surface area contributed by atoms with Gasteiger partial charge in [-0.3, -0.25) is 9.59 Å². The molecule has 1 fully saturated rings. The number of nitrogens with one attached hydrogen (secondary N) is 2. The fourth-order valence-electron chi connectivity index (χ4n) is 4.40. The fourth-order valence-corrected chi connectivity index (χ4v) is 4.40. The van der Waals surface area contributed by atoms with Crippen LogP contribution in [0.1, 0.15) is 57.5 Å². The molecule has 6 nitrogen and oxygen atoms in total. The van der Waals surface area contributed by atoms with E-state index < -0.39 is 0 Å². The molecule has 1 aliphatic carbocycles. The van der Waals surface area contributed by atoms with E-state index in [0.29, 0.717) is 24.0 Å². The van der Waals surface area contributed by atoms with Crippen molar-refractivity contribution in [3.05, 3.63) is 70.8 Å². The van der Waals surface area contributed by atoms with Gasteiger partial charge in [-0.15, -0.1) is 0 Å². The summed E-state index contributed by atoms with van der Waals surface area (Å²) in [4.78, 5) is 25.8. The Hall–Kier alpha value is -3.28. The van der Waals surface area contributed by atoms with E-state index in [1.54, 1.807) is 36.4 Å². The topological polar surface area (TPSA) is 98.7 Å². The van der Waals surface area contributed by atoms with Crippen LogP contribution in [-0.4, -0.2) is 34.1 Å². The minimum absolute atomic E-state index is 0.0552. The molecule has 1 saturated carbocycles. The Labute approximate surface area is 175 Å². The second kappa shape index (κ2) is 8.22. The van der Waals surface area contributed by atoms with Crippen LogP contribution >= 0.6 is 0 Å².